The van der Waals surface area contributed by atoms with Gasteiger partial charge in [0.25, 0.3) is 11.5 Å². The van der Waals surface area contributed by atoms with Crippen molar-refractivity contribution in [1.29, 1.82) is 0 Å². The van der Waals surface area contributed by atoms with Crippen molar-refractivity contribution in [2.45, 2.75) is 46.8 Å². The number of nitrogens with one attached hydrogen (secondary N) is 2. The Balaban J connectivity index is 1.70. The van der Waals surface area contributed by atoms with Gasteiger partial charge in [-0.05, 0) is 23.8 Å². The summed E-state index contributed by atoms with van der Waals surface area (Å²) in [7, 11) is 0. The number of aromatic nitrogens is 4. The molecule has 1 fully saturated rings. The Morgan fingerprint density at radius 2 is 1.82 bits per heavy atom. The first kappa shape index (κ1) is 22.5. The van der Waals surface area contributed by atoms with Crippen LogP contribution < -0.4 is 22.1 Å². The molecule has 1 aliphatic rings. The number of imidazole rings is 1. The van der Waals surface area contributed by atoms with Crippen molar-refractivity contribution in [3.05, 3.63) is 63.1 Å². The molecule has 2 N–H and O–H groups in total. The fourth-order valence-electron chi connectivity index (χ4n) is 3.91. The molecule has 10 heteroatoms. The van der Waals surface area contributed by atoms with E-state index in [4.69, 9.17) is 0 Å². The van der Waals surface area contributed by atoms with Gasteiger partial charge < -0.3 is 4.57 Å². The van der Waals surface area contributed by atoms with E-state index >= 15 is 0 Å². The molecular weight excluding hydrogens is 424 g/mol. The Morgan fingerprint density at radius 1 is 1.12 bits per heavy atom. The second-order valence-corrected chi connectivity index (χ2v) is 9.07. The first-order valence-electron chi connectivity index (χ1n) is 11.1. The van der Waals surface area contributed by atoms with E-state index in [9.17, 15) is 19.2 Å². The number of hydrazine groups is 1. The predicted octanol–water partition coefficient (Wildman–Crippen LogP) is 0.867. The second-order valence-electron chi connectivity index (χ2n) is 9.07. The van der Waals surface area contributed by atoms with Gasteiger partial charge in [0.05, 0.1) is 12.9 Å². The molecule has 2 amide bonds. The molecule has 33 heavy (non-hydrogen) atoms. The Morgan fingerprint density at radius 3 is 2.45 bits per heavy atom. The van der Waals surface area contributed by atoms with Crippen molar-refractivity contribution in [3.8, 4) is 0 Å². The Labute approximate surface area is 190 Å². The third kappa shape index (κ3) is 4.74. The number of fused-ring (bicyclic) bond motifs is 1. The standard InChI is InChI=1S/C23H28N6O4/c1-14(2)10-27-13-24-20-19(27)22(32)29(12-18(30)25-26-21(31)17-9-15(17)3)23(33)28(20)11-16-7-5-4-6-8-16/h4-8,13-15,17H,9-12H2,1-3H3,(H,25,30)(H,26,31)/t15-,17-/m0/s1. The number of nitrogens with zero attached hydrogens (tertiary/aromatic N) is 4. The first-order chi connectivity index (χ1) is 15.8. The van der Waals surface area contributed by atoms with Gasteiger partial charge in [-0.15, -0.1) is 0 Å². The summed E-state index contributed by atoms with van der Waals surface area (Å²) in [5, 5.41) is 0. The molecule has 1 aromatic carbocycles. The molecule has 1 saturated carbocycles. The molecule has 2 aromatic heterocycles. The smallest absolute Gasteiger partial charge is 0.324 e. The Hall–Kier alpha value is -3.69. The van der Waals surface area contributed by atoms with E-state index in [1.54, 1.807) is 10.9 Å². The van der Waals surface area contributed by atoms with Crippen LogP contribution in [0.4, 0.5) is 0 Å². The van der Waals surface area contributed by atoms with E-state index in [0.717, 1.165) is 16.6 Å². The lowest BCUT2D eigenvalue weighted by Crippen LogP contribution is -2.48. The van der Waals surface area contributed by atoms with Gasteiger partial charge in [0.15, 0.2) is 11.2 Å². The maximum atomic E-state index is 13.3. The minimum Gasteiger partial charge on any atom is -0.324 e. The van der Waals surface area contributed by atoms with Gasteiger partial charge >= 0.3 is 5.69 Å². The maximum Gasteiger partial charge on any atom is 0.333 e. The Kier molecular flexibility index (Phi) is 6.17. The Bertz CT molecular complexity index is 1300. The highest BCUT2D eigenvalue weighted by molar-refractivity contribution is 5.85. The summed E-state index contributed by atoms with van der Waals surface area (Å²) in [6, 6.07) is 9.35. The molecule has 0 spiro atoms. The number of rotatable bonds is 7. The van der Waals surface area contributed by atoms with Crippen molar-refractivity contribution in [1.82, 2.24) is 29.5 Å². The van der Waals surface area contributed by atoms with E-state index in [0.29, 0.717) is 12.5 Å². The second kappa shape index (κ2) is 9.05. The zero-order valence-corrected chi connectivity index (χ0v) is 18.9. The van der Waals surface area contributed by atoms with Gasteiger partial charge in [-0.1, -0.05) is 51.1 Å². The normalized spacial score (nSPS) is 17.3. The van der Waals surface area contributed by atoms with E-state index in [-0.39, 0.29) is 35.5 Å². The molecule has 174 valence electrons. The van der Waals surface area contributed by atoms with Gasteiger partial charge in [0.1, 0.15) is 6.54 Å². The molecule has 3 aromatic rings. The number of carbonyl (C=O) groups excluding carboxylic acids is 2. The van der Waals surface area contributed by atoms with Crippen LogP contribution in [0.15, 0.2) is 46.2 Å². The molecule has 2 atom stereocenters. The number of hydrogen-bond donors (Lipinski definition) is 2. The zero-order valence-electron chi connectivity index (χ0n) is 18.9. The number of amides is 2. The lowest BCUT2D eigenvalue weighted by Gasteiger charge is -2.14. The highest BCUT2D eigenvalue weighted by Crippen LogP contribution is 2.37. The summed E-state index contributed by atoms with van der Waals surface area (Å²) in [5.41, 5.74) is 4.88. The third-order valence-electron chi connectivity index (χ3n) is 5.80. The van der Waals surface area contributed by atoms with Crippen LogP contribution in [-0.4, -0.2) is 30.5 Å². The average molecular weight is 453 g/mol. The minimum absolute atomic E-state index is 0.113. The average Bonchev–Trinajstić information content (AvgIpc) is 3.38. The molecule has 2 heterocycles. The van der Waals surface area contributed by atoms with Crippen LogP contribution >= 0.6 is 0 Å². The van der Waals surface area contributed by atoms with Crippen molar-refractivity contribution in [2.75, 3.05) is 0 Å². The maximum absolute atomic E-state index is 13.3. The summed E-state index contributed by atoms with van der Waals surface area (Å²) in [6.45, 7) is 6.21. The highest BCUT2D eigenvalue weighted by Gasteiger charge is 2.39. The summed E-state index contributed by atoms with van der Waals surface area (Å²) in [6.07, 6.45) is 2.33. The van der Waals surface area contributed by atoms with Crippen LogP contribution in [0, 0.1) is 17.8 Å². The number of hydrogen-bond acceptors (Lipinski definition) is 5. The van der Waals surface area contributed by atoms with Crippen LogP contribution in [0.5, 0.6) is 0 Å². The molecule has 0 saturated heterocycles. The van der Waals surface area contributed by atoms with Gasteiger partial charge in [0, 0.05) is 12.5 Å². The minimum atomic E-state index is -0.656. The summed E-state index contributed by atoms with van der Waals surface area (Å²) in [5.74, 6) is -0.504. The zero-order chi connectivity index (χ0) is 23.7. The largest absolute Gasteiger partial charge is 0.333 e. The lowest BCUT2D eigenvalue weighted by atomic mass is 10.2. The molecule has 1 aliphatic carbocycles. The molecule has 4 rings (SSSR count). The van der Waals surface area contributed by atoms with E-state index in [1.807, 2.05) is 51.1 Å². The molecule has 10 nitrogen and oxygen atoms in total. The fraction of sp³-hybridized carbons (Fsp3) is 0.435. The molecule has 0 bridgehead atoms. The van der Waals surface area contributed by atoms with Gasteiger partial charge in [-0.2, -0.15) is 0 Å². The van der Waals surface area contributed by atoms with Crippen LogP contribution in [0.2, 0.25) is 0 Å². The first-order valence-corrected chi connectivity index (χ1v) is 11.1. The molecular formula is C23H28N6O4. The molecule has 0 aliphatic heterocycles. The van der Waals surface area contributed by atoms with Gasteiger partial charge in [-0.3, -0.25) is 29.8 Å². The topological polar surface area (TPSA) is 120 Å². The van der Waals surface area contributed by atoms with Crippen molar-refractivity contribution < 1.29 is 9.59 Å². The highest BCUT2D eigenvalue weighted by atomic mass is 16.2. The molecule has 0 unspecified atom stereocenters. The lowest BCUT2D eigenvalue weighted by molar-refractivity contribution is -0.130. The summed E-state index contributed by atoms with van der Waals surface area (Å²) >= 11 is 0. The van der Waals surface area contributed by atoms with E-state index in [2.05, 4.69) is 15.8 Å². The molecule has 0 radical (unpaired) electrons. The van der Waals surface area contributed by atoms with Crippen molar-refractivity contribution in [3.63, 3.8) is 0 Å². The SMILES string of the molecule is CC(C)Cn1cnc2c1c(=O)n(CC(=O)NNC(=O)[C@H]1C[C@@H]1C)c(=O)n2Cc1ccccc1. The van der Waals surface area contributed by atoms with E-state index < -0.39 is 23.7 Å². The third-order valence-corrected chi connectivity index (χ3v) is 5.80. The van der Waals surface area contributed by atoms with Crippen LogP contribution in [0.25, 0.3) is 11.2 Å². The monoisotopic (exact) mass is 452 g/mol. The summed E-state index contributed by atoms with van der Waals surface area (Å²) < 4.78 is 4.01. The van der Waals surface area contributed by atoms with Crippen LogP contribution in [-0.2, 0) is 29.2 Å². The predicted molar refractivity (Wildman–Crippen MR) is 122 cm³/mol. The van der Waals surface area contributed by atoms with E-state index in [1.165, 1.54) is 4.57 Å². The number of benzene rings is 1. The van der Waals surface area contributed by atoms with Crippen LogP contribution in [0.3, 0.4) is 0 Å². The van der Waals surface area contributed by atoms with Crippen molar-refractivity contribution in [2.24, 2.45) is 17.8 Å². The van der Waals surface area contributed by atoms with Crippen molar-refractivity contribution >= 4 is 23.0 Å². The van der Waals surface area contributed by atoms with Gasteiger partial charge in [-0.25, -0.2) is 14.3 Å². The summed E-state index contributed by atoms with van der Waals surface area (Å²) in [4.78, 5) is 55.4. The number of carbonyl (C=O) groups is 2. The van der Waals surface area contributed by atoms with Gasteiger partial charge in [0.2, 0.25) is 5.91 Å². The van der Waals surface area contributed by atoms with Crippen LogP contribution in [0.1, 0.15) is 32.8 Å². The quantitative estimate of drug-likeness (QED) is 0.516. The fourth-order valence-corrected chi connectivity index (χ4v) is 3.91.